The van der Waals surface area contributed by atoms with E-state index in [9.17, 15) is 13.8 Å². The van der Waals surface area contributed by atoms with Gasteiger partial charge in [0.2, 0.25) is 0 Å². The summed E-state index contributed by atoms with van der Waals surface area (Å²) < 4.78 is 24.5. The first kappa shape index (κ1) is 12.5. The number of hydrogen-bond acceptors (Lipinski definition) is 3. The fourth-order valence-electron chi connectivity index (χ4n) is 0.153. The van der Waals surface area contributed by atoms with Crippen molar-refractivity contribution in [2.24, 2.45) is 0 Å². The molecule has 0 aliphatic carbocycles. The molecule has 0 aromatic rings. The molecule has 0 N–H and O–H groups in total. The number of halogens is 1. The second-order valence-corrected chi connectivity index (χ2v) is 1.71. The summed E-state index contributed by atoms with van der Waals surface area (Å²) in [6.45, 7) is -0.211. The second-order valence-electron chi connectivity index (χ2n) is 0.923. The van der Waals surface area contributed by atoms with Gasteiger partial charge in [-0.2, -0.15) is 0 Å². The zero-order chi connectivity index (χ0) is 6.41. The predicted molar refractivity (Wildman–Crippen MR) is 25.2 cm³/mol. The molecule has 0 radical (unpaired) electrons. The average molecular weight is 162 g/mol. The molecule has 6 heteroatoms. The molecule has 0 fully saturated rings. The molecular formula is C3H5FNaO3P. The summed E-state index contributed by atoms with van der Waals surface area (Å²) in [7, 11) is -3.13. The summed E-state index contributed by atoms with van der Waals surface area (Å²) in [6, 6.07) is 0. The van der Waals surface area contributed by atoms with Gasteiger partial charge < -0.3 is 14.0 Å². The van der Waals surface area contributed by atoms with Crippen LogP contribution < -0.4 is 34.5 Å². The van der Waals surface area contributed by atoms with Crippen LogP contribution in [0.5, 0.6) is 0 Å². The van der Waals surface area contributed by atoms with Gasteiger partial charge in [0.1, 0.15) is 8.25 Å². The van der Waals surface area contributed by atoms with Crippen LogP contribution in [0.15, 0.2) is 12.4 Å². The van der Waals surface area contributed by atoms with Crippen molar-refractivity contribution in [3.63, 3.8) is 0 Å². The van der Waals surface area contributed by atoms with Crippen molar-refractivity contribution in [1.29, 1.82) is 0 Å². The molecule has 1 unspecified atom stereocenters. The molecule has 0 aliphatic rings. The summed E-state index contributed by atoms with van der Waals surface area (Å²) in [6.07, 6.45) is 1.19. The first-order chi connectivity index (χ1) is 3.77. The maximum absolute atomic E-state index is 11.0. The van der Waals surface area contributed by atoms with Gasteiger partial charge in [-0.25, -0.2) is 4.39 Å². The van der Waals surface area contributed by atoms with Gasteiger partial charge in [-0.15, -0.1) is 0 Å². The molecule has 1 atom stereocenters. The number of rotatable bonds is 3. The maximum Gasteiger partial charge on any atom is 1.00 e. The van der Waals surface area contributed by atoms with E-state index in [-0.39, 0.29) is 42.5 Å². The van der Waals surface area contributed by atoms with E-state index >= 15 is 0 Å². The van der Waals surface area contributed by atoms with Gasteiger partial charge in [0.25, 0.3) is 0 Å². The van der Waals surface area contributed by atoms with Crippen LogP contribution >= 0.6 is 8.25 Å². The van der Waals surface area contributed by atoms with Gasteiger partial charge in [0.05, 0.1) is 12.9 Å². The Labute approximate surface area is 75.1 Å². The first-order valence-corrected chi connectivity index (χ1v) is 3.09. The Morgan fingerprint density at radius 2 is 2.33 bits per heavy atom. The third-order valence-corrected chi connectivity index (χ3v) is 0.789. The minimum absolute atomic E-state index is 0. The Bertz CT molecular complexity index is 107. The number of hydrogen-bond donors (Lipinski definition) is 0. The average Bonchev–Trinajstić information content (AvgIpc) is 1.66. The van der Waals surface area contributed by atoms with Crippen molar-refractivity contribution in [3.05, 3.63) is 12.4 Å². The van der Waals surface area contributed by atoms with Crippen LogP contribution in [-0.4, -0.2) is 6.61 Å². The maximum atomic E-state index is 11.0. The molecule has 0 amide bonds. The molecule has 0 aliphatic heterocycles. The van der Waals surface area contributed by atoms with Gasteiger partial charge in [0, 0.05) is 0 Å². The molecule has 9 heavy (non-hydrogen) atoms. The zero-order valence-electron chi connectivity index (χ0n) is 4.96. The van der Waals surface area contributed by atoms with Crippen molar-refractivity contribution < 1.29 is 47.9 Å². The van der Waals surface area contributed by atoms with Crippen LogP contribution in [-0.2, 0) is 9.09 Å². The van der Waals surface area contributed by atoms with Gasteiger partial charge >= 0.3 is 29.6 Å². The molecular weight excluding hydrogens is 157 g/mol. The fourth-order valence-corrected chi connectivity index (χ4v) is 0.385. The van der Waals surface area contributed by atoms with E-state index in [1.807, 2.05) is 0 Å². The van der Waals surface area contributed by atoms with Crippen molar-refractivity contribution >= 4 is 8.25 Å². The van der Waals surface area contributed by atoms with Crippen LogP contribution in [0.2, 0.25) is 0 Å². The van der Waals surface area contributed by atoms with Gasteiger partial charge in [-0.05, 0) is 6.08 Å². The standard InChI is InChI=1S/C3H6FO3P.Na/c4-2-1-3-7-8(5)6;/h1-2,8H,3H2,(H,5,6);/q;+1/p-1. The smallest absolute Gasteiger partial charge is 0.781 e. The molecule has 48 valence electrons. The van der Waals surface area contributed by atoms with Crippen molar-refractivity contribution in [2.45, 2.75) is 0 Å². The Kier molecular flexibility index (Phi) is 12.2. The molecule has 0 saturated carbocycles. The SMILES string of the molecule is O=[PH]([O-])OCC=CF.[Na+]. The normalized spacial score (nSPS) is 13.1. The van der Waals surface area contributed by atoms with Crippen LogP contribution in [0.1, 0.15) is 0 Å². The molecule has 0 heterocycles. The van der Waals surface area contributed by atoms with Crippen molar-refractivity contribution in [3.8, 4) is 0 Å². The molecule has 0 rings (SSSR count). The van der Waals surface area contributed by atoms with E-state index in [0.29, 0.717) is 0 Å². The predicted octanol–water partition coefficient (Wildman–Crippen LogP) is -2.76. The van der Waals surface area contributed by atoms with Crippen LogP contribution in [0, 0.1) is 0 Å². The van der Waals surface area contributed by atoms with E-state index in [2.05, 4.69) is 4.52 Å². The monoisotopic (exact) mass is 162 g/mol. The van der Waals surface area contributed by atoms with E-state index in [4.69, 9.17) is 0 Å². The van der Waals surface area contributed by atoms with Crippen molar-refractivity contribution in [1.82, 2.24) is 0 Å². The fraction of sp³-hybridized carbons (Fsp3) is 0.333. The zero-order valence-corrected chi connectivity index (χ0v) is 7.96. The van der Waals surface area contributed by atoms with Crippen LogP contribution in [0.4, 0.5) is 4.39 Å². The second kappa shape index (κ2) is 8.82. The first-order valence-electron chi connectivity index (χ1n) is 1.86. The Balaban J connectivity index is 0. The van der Waals surface area contributed by atoms with E-state index in [0.717, 1.165) is 6.08 Å². The van der Waals surface area contributed by atoms with Crippen LogP contribution in [0.25, 0.3) is 0 Å². The van der Waals surface area contributed by atoms with Crippen LogP contribution in [0.3, 0.4) is 0 Å². The van der Waals surface area contributed by atoms with E-state index in [1.54, 1.807) is 0 Å². The Morgan fingerprint density at radius 3 is 2.67 bits per heavy atom. The molecule has 0 aromatic heterocycles. The summed E-state index contributed by atoms with van der Waals surface area (Å²) in [4.78, 5) is 9.57. The third kappa shape index (κ3) is 12.1. The quantitative estimate of drug-likeness (QED) is 0.333. The summed E-state index contributed by atoms with van der Waals surface area (Å²) in [5, 5.41) is 0. The summed E-state index contributed by atoms with van der Waals surface area (Å²) in [5.74, 6) is 0. The third-order valence-electron chi connectivity index (χ3n) is 0.386. The van der Waals surface area contributed by atoms with Gasteiger partial charge in [-0.3, -0.25) is 0 Å². The molecule has 0 aromatic carbocycles. The summed E-state index contributed by atoms with van der Waals surface area (Å²) >= 11 is 0. The minimum atomic E-state index is -3.13. The minimum Gasteiger partial charge on any atom is -0.781 e. The largest absolute Gasteiger partial charge is 1.00 e. The Hall–Kier alpha value is 0.820. The van der Waals surface area contributed by atoms with E-state index < -0.39 is 8.25 Å². The topological polar surface area (TPSA) is 49.4 Å². The van der Waals surface area contributed by atoms with E-state index in [1.165, 1.54) is 0 Å². The van der Waals surface area contributed by atoms with Crippen molar-refractivity contribution in [2.75, 3.05) is 6.61 Å². The molecule has 0 bridgehead atoms. The Morgan fingerprint density at radius 1 is 1.78 bits per heavy atom. The molecule has 0 spiro atoms. The summed E-state index contributed by atoms with van der Waals surface area (Å²) in [5.41, 5.74) is 0. The molecule has 3 nitrogen and oxygen atoms in total. The van der Waals surface area contributed by atoms with Gasteiger partial charge in [-0.1, -0.05) is 0 Å². The van der Waals surface area contributed by atoms with Gasteiger partial charge in [0.15, 0.2) is 0 Å². The molecule has 0 saturated heterocycles.